The van der Waals surface area contributed by atoms with Crippen molar-refractivity contribution in [1.29, 1.82) is 0 Å². The van der Waals surface area contributed by atoms with E-state index in [0.29, 0.717) is 31.3 Å². The number of nitrogens with zero attached hydrogens (tertiary/aromatic N) is 1. The molecule has 1 saturated heterocycles. The van der Waals surface area contributed by atoms with Gasteiger partial charge < -0.3 is 0 Å². The first kappa shape index (κ1) is 12.8. The molecular weight excluding hydrogens is 240 g/mol. The van der Waals surface area contributed by atoms with Crippen LogP contribution in [0.3, 0.4) is 0 Å². The highest BCUT2D eigenvalue weighted by Gasteiger charge is 2.31. The summed E-state index contributed by atoms with van der Waals surface area (Å²) < 4.78 is 27.1. The van der Waals surface area contributed by atoms with E-state index < -0.39 is 10.2 Å². The summed E-state index contributed by atoms with van der Waals surface area (Å²) in [6, 6.07) is 0. The Balaban J connectivity index is 1.84. The van der Waals surface area contributed by atoms with Gasteiger partial charge >= 0.3 is 10.2 Å². The predicted octanol–water partition coefficient (Wildman–Crippen LogP) is 0.879. The lowest BCUT2D eigenvalue weighted by molar-refractivity contribution is -0.120. The van der Waals surface area contributed by atoms with Crippen LogP contribution < -0.4 is 4.72 Å². The molecule has 2 rings (SSSR count). The smallest absolute Gasteiger partial charge is 0.274 e. The third-order valence-corrected chi connectivity index (χ3v) is 5.11. The lowest BCUT2D eigenvalue weighted by Gasteiger charge is -2.17. The second-order valence-electron chi connectivity index (χ2n) is 5.16. The van der Waals surface area contributed by atoms with Crippen molar-refractivity contribution in [3.8, 4) is 0 Å². The number of rotatable bonds is 5. The second-order valence-corrected chi connectivity index (χ2v) is 6.83. The summed E-state index contributed by atoms with van der Waals surface area (Å²) in [5.41, 5.74) is 0. The Morgan fingerprint density at radius 2 is 1.94 bits per heavy atom. The minimum Gasteiger partial charge on any atom is -0.274 e. The van der Waals surface area contributed by atoms with E-state index in [9.17, 15) is 13.2 Å². The number of hydrogen-bond donors (Lipinski definition) is 1. The van der Waals surface area contributed by atoms with E-state index in [0.717, 1.165) is 12.8 Å². The van der Waals surface area contributed by atoms with Crippen molar-refractivity contribution >= 4 is 16.1 Å². The van der Waals surface area contributed by atoms with E-state index in [1.807, 2.05) is 6.92 Å². The first-order valence-corrected chi connectivity index (χ1v) is 7.74. The molecular formula is C11H20N2O3S. The molecule has 1 saturated carbocycles. The summed E-state index contributed by atoms with van der Waals surface area (Å²) in [5.74, 6) is 0.551. The van der Waals surface area contributed by atoms with E-state index in [-0.39, 0.29) is 5.91 Å². The van der Waals surface area contributed by atoms with Gasteiger partial charge in [-0.2, -0.15) is 12.7 Å². The van der Waals surface area contributed by atoms with Crippen molar-refractivity contribution in [2.24, 2.45) is 11.8 Å². The zero-order valence-corrected chi connectivity index (χ0v) is 11.0. The van der Waals surface area contributed by atoms with Crippen LogP contribution in [0.5, 0.6) is 0 Å². The zero-order chi connectivity index (χ0) is 12.5. The summed E-state index contributed by atoms with van der Waals surface area (Å²) >= 11 is 0. The molecule has 2 fully saturated rings. The highest BCUT2D eigenvalue weighted by Crippen LogP contribution is 2.38. The van der Waals surface area contributed by atoms with Crippen molar-refractivity contribution in [1.82, 2.24) is 9.03 Å². The predicted molar refractivity (Wildman–Crippen MR) is 64.4 cm³/mol. The van der Waals surface area contributed by atoms with E-state index in [2.05, 4.69) is 4.72 Å². The Morgan fingerprint density at radius 1 is 1.35 bits per heavy atom. The summed E-state index contributed by atoms with van der Waals surface area (Å²) in [6.45, 7) is 3.07. The van der Waals surface area contributed by atoms with Crippen molar-refractivity contribution < 1.29 is 13.2 Å². The topological polar surface area (TPSA) is 66.5 Å². The van der Waals surface area contributed by atoms with Crippen LogP contribution >= 0.6 is 0 Å². The molecule has 1 atom stereocenters. The van der Waals surface area contributed by atoms with Crippen LogP contribution in [0.1, 0.15) is 39.0 Å². The summed E-state index contributed by atoms with van der Waals surface area (Å²) in [7, 11) is -3.58. The zero-order valence-electron chi connectivity index (χ0n) is 10.2. The highest BCUT2D eigenvalue weighted by atomic mass is 32.2. The Bertz CT molecular complexity index is 384. The fourth-order valence-corrected chi connectivity index (χ4v) is 3.54. The van der Waals surface area contributed by atoms with Crippen LogP contribution in [0.15, 0.2) is 0 Å². The number of carbonyl (C=O) groups excluding carboxylic acids is 1. The fourth-order valence-electron chi connectivity index (χ4n) is 2.30. The van der Waals surface area contributed by atoms with E-state index >= 15 is 0 Å². The summed E-state index contributed by atoms with van der Waals surface area (Å²) in [5, 5.41) is 0. The van der Waals surface area contributed by atoms with Gasteiger partial charge in [-0.15, -0.1) is 0 Å². The molecule has 6 heteroatoms. The van der Waals surface area contributed by atoms with Gasteiger partial charge in [-0.25, -0.2) is 4.72 Å². The lowest BCUT2D eigenvalue weighted by atomic mass is 10.0. The van der Waals surface area contributed by atoms with Gasteiger partial charge in [0, 0.05) is 19.5 Å². The van der Waals surface area contributed by atoms with Crippen LogP contribution in [0.4, 0.5) is 0 Å². The van der Waals surface area contributed by atoms with E-state index in [4.69, 9.17) is 0 Å². The number of hydrogen-bond acceptors (Lipinski definition) is 3. The second kappa shape index (κ2) is 4.94. The van der Waals surface area contributed by atoms with Crippen LogP contribution in [0.2, 0.25) is 0 Å². The van der Waals surface area contributed by atoms with Gasteiger partial charge in [0.15, 0.2) is 0 Å². The van der Waals surface area contributed by atoms with Gasteiger partial charge in [0.25, 0.3) is 0 Å². The fraction of sp³-hybridized carbons (Fsp3) is 0.909. The van der Waals surface area contributed by atoms with Crippen molar-refractivity contribution in [3.05, 3.63) is 0 Å². The molecule has 17 heavy (non-hydrogen) atoms. The van der Waals surface area contributed by atoms with E-state index in [1.165, 1.54) is 17.1 Å². The molecule has 1 aliphatic heterocycles. The first-order chi connectivity index (χ1) is 7.99. The lowest BCUT2D eigenvalue weighted by Crippen LogP contribution is -2.42. The highest BCUT2D eigenvalue weighted by molar-refractivity contribution is 7.87. The molecule has 0 spiro atoms. The minimum absolute atomic E-state index is 0.295. The van der Waals surface area contributed by atoms with Gasteiger partial charge in [-0.1, -0.05) is 6.92 Å². The van der Waals surface area contributed by atoms with E-state index in [1.54, 1.807) is 0 Å². The molecule has 2 aliphatic rings. The number of nitrogens with one attached hydrogen (secondary N) is 1. The van der Waals surface area contributed by atoms with Crippen molar-refractivity contribution in [3.63, 3.8) is 0 Å². The Hall–Kier alpha value is -0.620. The number of carbonyl (C=O) groups is 1. The monoisotopic (exact) mass is 260 g/mol. The molecule has 1 heterocycles. The normalized spacial score (nSPS) is 23.6. The van der Waals surface area contributed by atoms with Crippen LogP contribution in [0.25, 0.3) is 0 Å². The maximum Gasteiger partial charge on any atom is 0.303 e. The molecule has 0 aromatic rings. The standard InChI is InChI=1S/C11H20N2O3S/c1-9(10-4-5-10)8-11(14)12-17(15,16)13-6-2-3-7-13/h9-10H,2-8H2,1H3,(H,12,14)/t9-/m1/s1. The van der Waals surface area contributed by atoms with Gasteiger partial charge in [-0.05, 0) is 37.5 Å². The third kappa shape index (κ3) is 3.42. The molecule has 0 aromatic heterocycles. The number of amides is 1. The molecule has 1 N–H and O–H groups in total. The van der Waals surface area contributed by atoms with Gasteiger partial charge in [0.05, 0.1) is 0 Å². The summed E-state index contributed by atoms with van der Waals surface area (Å²) in [4.78, 5) is 11.6. The third-order valence-electron chi connectivity index (χ3n) is 3.58. The molecule has 1 amide bonds. The van der Waals surface area contributed by atoms with Gasteiger partial charge in [-0.3, -0.25) is 4.79 Å². The largest absolute Gasteiger partial charge is 0.303 e. The quantitative estimate of drug-likeness (QED) is 0.798. The minimum atomic E-state index is -3.58. The Kier molecular flexibility index (Phi) is 3.73. The van der Waals surface area contributed by atoms with Gasteiger partial charge in [0.2, 0.25) is 5.91 Å². The molecule has 0 unspecified atom stereocenters. The van der Waals surface area contributed by atoms with Crippen molar-refractivity contribution in [2.75, 3.05) is 13.1 Å². The van der Waals surface area contributed by atoms with Crippen LogP contribution in [-0.4, -0.2) is 31.7 Å². The van der Waals surface area contributed by atoms with Gasteiger partial charge in [0.1, 0.15) is 0 Å². The summed E-state index contributed by atoms with van der Waals surface area (Å²) in [6.07, 6.45) is 4.43. The maximum absolute atomic E-state index is 11.8. The molecule has 0 radical (unpaired) electrons. The van der Waals surface area contributed by atoms with Crippen LogP contribution in [0, 0.1) is 11.8 Å². The molecule has 98 valence electrons. The SMILES string of the molecule is C[C@H](CC(=O)NS(=O)(=O)N1CCCC1)C1CC1. The molecule has 0 bridgehead atoms. The average molecular weight is 260 g/mol. The molecule has 5 nitrogen and oxygen atoms in total. The maximum atomic E-state index is 11.8. The van der Waals surface area contributed by atoms with Crippen LogP contribution in [-0.2, 0) is 15.0 Å². The first-order valence-electron chi connectivity index (χ1n) is 6.30. The Morgan fingerprint density at radius 3 is 2.47 bits per heavy atom. The molecule has 1 aliphatic carbocycles. The average Bonchev–Trinajstić information content (AvgIpc) is 2.92. The Labute approximate surface area is 103 Å². The molecule has 0 aromatic carbocycles. The van der Waals surface area contributed by atoms with Crippen molar-refractivity contribution in [2.45, 2.75) is 39.0 Å².